The summed E-state index contributed by atoms with van der Waals surface area (Å²) < 4.78 is 13.7. The van der Waals surface area contributed by atoms with Crippen molar-refractivity contribution >= 4 is 17.7 Å². The van der Waals surface area contributed by atoms with E-state index >= 15 is 0 Å². The maximum Gasteiger partial charge on any atom is 0.335 e. The van der Waals surface area contributed by atoms with Gasteiger partial charge in [-0.05, 0) is 31.0 Å². The van der Waals surface area contributed by atoms with Crippen LogP contribution in [0.25, 0.3) is 0 Å². The summed E-state index contributed by atoms with van der Waals surface area (Å²) in [4.78, 5) is 11.4. The van der Waals surface area contributed by atoms with Gasteiger partial charge in [-0.2, -0.15) is 0 Å². The number of rotatable bonds is 3. The van der Waals surface area contributed by atoms with E-state index in [-0.39, 0.29) is 11.4 Å². The summed E-state index contributed by atoms with van der Waals surface area (Å²) in [6.45, 7) is 0. The Labute approximate surface area is 111 Å². The van der Waals surface area contributed by atoms with Crippen molar-refractivity contribution in [1.29, 1.82) is 0 Å². The highest BCUT2D eigenvalue weighted by molar-refractivity contribution is 8.00. The zero-order valence-electron chi connectivity index (χ0n) is 10.2. The summed E-state index contributed by atoms with van der Waals surface area (Å²) in [5.74, 6) is -1.31. The summed E-state index contributed by atoms with van der Waals surface area (Å²) in [6.07, 6.45) is 7.10. The molecule has 1 fully saturated rings. The first-order valence-corrected chi connectivity index (χ1v) is 7.24. The first-order chi connectivity index (χ1) is 8.66. The number of aromatic carboxylic acids is 1. The molecule has 0 amide bonds. The molecule has 0 bridgehead atoms. The molecule has 1 aliphatic carbocycles. The fraction of sp³-hybridized carbons (Fsp3) is 0.500. The van der Waals surface area contributed by atoms with Crippen molar-refractivity contribution in [2.75, 3.05) is 0 Å². The maximum atomic E-state index is 13.7. The average molecular weight is 268 g/mol. The number of hydrogen-bond donors (Lipinski definition) is 1. The van der Waals surface area contributed by atoms with E-state index in [9.17, 15) is 9.18 Å². The van der Waals surface area contributed by atoms with Gasteiger partial charge >= 0.3 is 5.97 Å². The second-order valence-corrected chi connectivity index (χ2v) is 6.02. The second kappa shape index (κ2) is 6.23. The fourth-order valence-electron chi connectivity index (χ4n) is 2.27. The summed E-state index contributed by atoms with van der Waals surface area (Å²) in [5, 5.41) is 9.34. The number of halogens is 1. The van der Waals surface area contributed by atoms with Gasteiger partial charge in [0, 0.05) is 10.1 Å². The zero-order chi connectivity index (χ0) is 13.0. The molecule has 2 nitrogen and oxygen atoms in total. The highest BCUT2D eigenvalue weighted by atomic mass is 32.2. The van der Waals surface area contributed by atoms with Gasteiger partial charge < -0.3 is 5.11 Å². The Hall–Kier alpha value is -1.03. The normalized spacial score (nSPS) is 17.4. The average Bonchev–Trinajstić information content (AvgIpc) is 2.60. The van der Waals surface area contributed by atoms with Crippen LogP contribution in [0.2, 0.25) is 0 Å². The van der Waals surface area contributed by atoms with E-state index in [0.717, 1.165) is 12.8 Å². The molecule has 1 N–H and O–H groups in total. The van der Waals surface area contributed by atoms with Gasteiger partial charge in [-0.1, -0.05) is 25.7 Å². The van der Waals surface area contributed by atoms with Crippen molar-refractivity contribution in [1.82, 2.24) is 0 Å². The lowest BCUT2D eigenvalue weighted by Crippen LogP contribution is -2.02. The van der Waals surface area contributed by atoms with Crippen LogP contribution < -0.4 is 0 Å². The molecule has 1 aliphatic rings. The molecule has 98 valence electrons. The van der Waals surface area contributed by atoms with Crippen LogP contribution in [-0.2, 0) is 0 Å². The summed E-state index contributed by atoms with van der Waals surface area (Å²) in [5.41, 5.74) is 0.160. The topological polar surface area (TPSA) is 37.3 Å². The number of carboxylic acid groups (broad SMARTS) is 1. The third kappa shape index (κ3) is 3.48. The maximum absolute atomic E-state index is 13.7. The third-order valence-electron chi connectivity index (χ3n) is 3.27. The summed E-state index contributed by atoms with van der Waals surface area (Å²) >= 11 is 1.50. The predicted octanol–water partition coefficient (Wildman–Crippen LogP) is 4.34. The van der Waals surface area contributed by atoms with Gasteiger partial charge in [0.15, 0.2) is 0 Å². The molecule has 0 spiro atoms. The number of thioether (sulfide) groups is 1. The molecule has 1 aromatic carbocycles. The van der Waals surface area contributed by atoms with Crippen LogP contribution in [0.5, 0.6) is 0 Å². The van der Waals surface area contributed by atoms with Gasteiger partial charge in [-0.3, -0.25) is 0 Å². The lowest BCUT2D eigenvalue weighted by atomic mass is 10.2. The highest BCUT2D eigenvalue weighted by Crippen LogP contribution is 2.34. The first kappa shape index (κ1) is 13.4. The van der Waals surface area contributed by atoms with E-state index < -0.39 is 5.97 Å². The van der Waals surface area contributed by atoms with E-state index in [0.29, 0.717) is 10.1 Å². The molecule has 0 radical (unpaired) electrons. The molecule has 0 aromatic heterocycles. The van der Waals surface area contributed by atoms with Crippen LogP contribution in [0.15, 0.2) is 23.1 Å². The molecule has 0 heterocycles. The van der Waals surface area contributed by atoms with Crippen molar-refractivity contribution in [3.8, 4) is 0 Å². The van der Waals surface area contributed by atoms with E-state index in [2.05, 4.69) is 0 Å². The van der Waals surface area contributed by atoms with Crippen molar-refractivity contribution < 1.29 is 14.3 Å². The minimum absolute atomic E-state index is 0.160. The molecule has 0 atom stereocenters. The van der Waals surface area contributed by atoms with Gasteiger partial charge in [0.05, 0.1) is 5.56 Å². The monoisotopic (exact) mass is 268 g/mol. The van der Waals surface area contributed by atoms with Crippen LogP contribution in [-0.4, -0.2) is 16.3 Å². The van der Waals surface area contributed by atoms with Gasteiger partial charge in [0.2, 0.25) is 0 Å². The number of carbonyl (C=O) groups is 1. The summed E-state index contributed by atoms with van der Waals surface area (Å²) in [6, 6.07) is 4.02. The molecule has 2 rings (SSSR count). The summed E-state index contributed by atoms with van der Waals surface area (Å²) in [7, 11) is 0. The molecule has 18 heavy (non-hydrogen) atoms. The fourth-order valence-corrected chi connectivity index (χ4v) is 3.57. The molecular formula is C14H17FO2S. The minimum Gasteiger partial charge on any atom is -0.478 e. The minimum atomic E-state index is -1.00. The van der Waals surface area contributed by atoms with Crippen LogP contribution >= 0.6 is 11.8 Å². The Morgan fingerprint density at radius 2 is 1.89 bits per heavy atom. The quantitative estimate of drug-likeness (QED) is 0.829. The van der Waals surface area contributed by atoms with Gasteiger partial charge in [0.25, 0.3) is 0 Å². The Balaban J connectivity index is 2.11. The van der Waals surface area contributed by atoms with Crippen LogP contribution in [0.4, 0.5) is 4.39 Å². The van der Waals surface area contributed by atoms with E-state index in [1.165, 1.54) is 55.6 Å². The lowest BCUT2D eigenvalue weighted by molar-refractivity contribution is 0.0696. The number of benzene rings is 1. The smallest absolute Gasteiger partial charge is 0.335 e. The molecular weight excluding hydrogens is 251 g/mol. The standard InChI is InChI=1S/C14H17FO2S/c15-12-8-7-10(14(16)17)9-13(12)18-11-5-3-1-2-4-6-11/h7-9,11H,1-6H2,(H,16,17). The van der Waals surface area contributed by atoms with Crippen LogP contribution in [0, 0.1) is 5.82 Å². The molecule has 0 saturated heterocycles. The Bertz CT molecular complexity index is 426. The number of hydrogen-bond acceptors (Lipinski definition) is 2. The van der Waals surface area contributed by atoms with Crippen molar-refractivity contribution in [3.05, 3.63) is 29.6 Å². The van der Waals surface area contributed by atoms with E-state index in [1.807, 2.05) is 0 Å². The third-order valence-corrected chi connectivity index (χ3v) is 4.65. The van der Waals surface area contributed by atoms with Crippen molar-refractivity contribution in [2.45, 2.75) is 48.7 Å². The molecule has 1 saturated carbocycles. The molecule has 0 unspecified atom stereocenters. The zero-order valence-corrected chi connectivity index (χ0v) is 11.0. The van der Waals surface area contributed by atoms with Crippen molar-refractivity contribution in [3.63, 3.8) is 0 Å². The Morgan fingerprint density at radius 1 is 1.22 bits per heavy atom. The Morgan fingerprint density at radius 3 is 2.50 bits per heavy atom. The van der Waals surface area contributed by atoms with E-state index in [4.69, 9.17) is 5.11 Å². The van der Waals surface area contributed by atoms with Crippen LogP contribution in [0.3, 0.4) is 0 Å². The second-order valence-electron chi connectivity index (χ2n) is 4.68. The molecule has 1 aromatic rings. The largest absolute Gasteiger partial charge is 0.478 e. The first-order valence-electron chi connectivity index (χ1n) is 6.36. The van der Waals surface area contributed by atoms with Gasteiger partial charge in [0.1, 0.15) is 5.82 Å². The number of carboxylic acids is 1. The molecule has 0 aliphatic heterocycles. The lowest BCUT2D eigenvalue weighted by Gasteiger charge is -2.14. The highest BCUT2D eigenvalue weighted by Gasteiger charge is 2.16. The van der Waals surface area contributed by atoms with Gasteiger partial charge in [-0.15, -0.1) is 11.8 Å². The Kier molecular flexibility index (Phi) is 4.64. The van der Waals surface area contributed by atoms with Gasteiger partial charge in [-0.25, -0.2) is 9.18 Å². The van der Waals surface area contributed by atoms with Crippen molar-refractivity contribution in [2.24, 2.45) is 0 Å². The van der Waals surface area contributed by atoms with E-state index in [1.54, 1.807) is 0 Å². The molecule has 4 heteroatoms. The van der Waals surface area contributed by atoms with Crippen LogP contribution in [0.1, 0.15) is 48.9 Å². The SMILES string of the molecule is O=C(O)c1ccc(F)c(SC2CCCCCC2)c1. The predicted molar refractivity (Wildman–Crippen MR) is 70.7 cm³/mol.